The Labute approximate surface area is 205 Å². The van der Waals surface area contributed by atoms with Gasteiger partial charge in [0.25, 0.3) is 5.91 Å². The van der Waals surface area contributed by atoms with E-state index in [1.54, 1.807) is 29.2 Å². The third-order valence-corrected chi connectivity index (χ3v) is 6.91. The lowest BCUT2D eigenvalue weighted by molar-refractivity contribution is -0.142. The summed E-state index contributed by atoms with van der Waals surface area (Å²) < 4.78 is 5.47. The van der Waals surface area contributed by atoms with Gasteiger partial charge in [-0.15, -0.1) is 0 Å². The summed E-state index contributed by atoms with van der Waals surface area (Å²) in [7, 11) is 0. The van der Waals surface area contributed by atoms with Crippen LogP contribution in [0.15, 0.2) is 48.5 Å². The average Bonchev–Trinajstić information content (AvgIpc) is 3.14. The van der Waals surface area contributed by atoms with E-state index in [-0.39, 0.29) is 30.1 Å². The fraction of sp³-hybridized carbons (Fsp3) is 0.444. The zero-order chi connectivity index (χ0) is 24.1. The van der Waals surface area contributed by atoms with Crippen LogP contribution in [0, 0.1) is 5.92 Å². The van der Waals surface area contributed by atoms with E-state index in [2.05, 4.69) is 0 Å². The minimum absolute atomic E-state index is 0.0000502. The van der Waals surface area contributed by atoms with E-state index in [0.29, 0.717) is 36.0 Å². The van der Waals surface area contributed by atoms with Gasteiger partial charge in [0, 0.05) is 17.5 Å². The lowest BCUT2D eigenvalue weighted by atomic mass is 9.87. The van der Waals surface area contributed by atoms with Gasteiger partial charge < -0.3 is 9.64 Å². The van der Waals surface area contributed by atoms with Crippen molar-refractivity contribution in [3.8, 4) is 5.75 Å². The fourth-order valence-electron chi connectivity index (χ4n) is 4.93. The lowest BCUT2D eigenvalue weighted by Gasteiger charge is -2.32. The van der Waals surface area contributed by atoms with Gasteiger partial charge in [0.1, 0.15) is 11.8 Å². The molecule has 0 aromatic heterocycles. The molecule has 4 rings (SSSR count). The average molecular weight is 483 g/mol. The number of carbonyl (C=O) groups excluding carboxylic acids is 3. The molecule has 0 radical (unpaired) electrons. The second kappa shape index (κ2) is 11.0. The SMILES string of the molecule is CCOc1ccc(N2C(=O)CC(N(CCc3cccc(Cl)c3)C(=O)C3CCCCC3)C2=O)cc1. The summed E-state index contributed by atoms with van der Waals surface area (Å²) in [6, 6.07) is 13.7. The highest BCUT2D eigenvalue weighted by molar-refractivity contribution is 6.30. The molecule has 0 bridgehead atoms. The first kappa shape index (κ1) is 24.3. The lowest BCUT2D eigenvalue weighted by Crippen LogP contribution is -2.48. The highest BCUT2D eigenvalue weighted by atomic mass is 35.5. The van der Waals surface area contributed by atoms with Crippen molar-refractivity contribution >= 4 is 35.0 Å². The molecule has 7 heteroatoms. The van der Waals surface area contributed by atoms with Crippen LogP contribution in [0.3, 0.4) is 0 Å². The first-order valence-corrected chi connectivity index (χ1v) is 12.5. The van der Waals surface area contributed by atoms with Crippen LogP contribution in [0.1, 0.15) is 51.0 Å². The third kappa shape index (κ3) is 5.44. The smallest absolute Gasteiger partial charge is 0.257 e. The number of amides is 3. The van der Waals surface area contributed by atoms with Gasteiger partial charge >= 0.3 is 0 Å². The molecule has 3 amide bonds. The van der Waals surface area contributed by atoms with Crippen molar-refractivity contribution in [2.45, 2.75) is 57.9 Å². The molecule has 2 aliphatic rings. The van der Waals surface area contributed by atoms with Crippen molar-refractivity contribution in [2.24, 2.45) is 5.92 Å². The van der Waals surface area contributed by atoms with Crippen molar-refractivity contribution < 1.29 is 19.1 Å². The number of anilines is 1. The molecule has 1 aliphatic heterocycles. The number of rotatable bonds is 8. The largest absolute Gasteiger partial charge is 0.494 e. The van der Waals surface area contributed by atoms with Crippen LogP contribution in [0.25, 0.3) is 0 Å². The number of benzene rings is 2. The summed E-state index contributed by atoms with van der Waals surface area (Å²) >= 11 is 6.14. The molecule has 0 N–H and O–H groups in total. The summed E-state index contributed by atoms with van der Waals surface area (Å²) in [4.78, 5) is 42.9. The second-order valence-electron chi connectivity index (χ2n) is 8.96. The minimum atomic E-state index is -0.785. The van der Waals surface area contributed by atoms with Crippen molar-refractivity contribution in [2.75, 3.05) is 18.1 Å². The Hall–Kier alpha value is -2.86. The van der Waals surface area contributed by atoms with Crippen LogP contribution in [-0.4, -0.2) is 41.8 Å². The highest BCUT2D eigenvalue weighted by Crippen LogP contribution is 2.31. The molecule has 2 aromatic carbocycles. The zero-order valence-electron chi connectivity index (χ0n) is 19.5. The number of halogens is 1. The molecule has 180 valence electrons. The van der Waals surface area contributed by atoms with E-state index >= 15 is 0 Å². The molecule has 2 fully saturated rings. The van der Waals surface area contributed by atoms with E-state index in [0.717, 1.165) is 37.7 Å². The number of nitrogens with zero attached hydrogens (tertiary/aromatic N) is 2. The van der Waals surface area contributed by atoms with Gasteiger partial charge in [-0.3, -0.25) is 14.4 Å². The van der Waals surface area contributed by atoms with Gasteiger partial charge in [0.2, 0.25) is 11.8 Å². The van der Waals surface area contributed by atoms with Crippen molar-refractivity contribution in [1.29, 1.82) is 0 Å². The van der Waals surface area contributed by atoms with Crippen LogP contribution in [0.2, 0.25) is 5.02 Å². The Bertz CT molecular complexity index is 1030. The molecule has 1 atom stereocenters. The third-order valence-electron chi connectivity index (χ3n) is 6.67. The topological polar surface area (TPSA) is 66.9 Å². The van der Waals surface area contributed by atoms with Gasteiger partial charge in [-0.25, -0.2) is 4.90 Å². The molecule has 1 saturated carbocycles. The molecule has 0 spiro atoms. The van der Waals surface area contributed by atoms with Crippen molar-refractivity contribution in [1.82, 2.24) is 4.90 Å². The van der Waals surface area contributed by atoms with E-state index in [4.69, 9.17) is 16.3 Å². The second-order valence-corrected chi connectivity index (χ2v) is 9.40. The Morgan fingerprint density at radius 3 is 2.50 bits per heavy atom. The zero-order valence-corrected chi connectivity index (χ0v) is 20.3. The van der Waals surface area contributed by atoms with E-state index in [1.165, 1.54) is 4.90 Å². The number of ether oxygens (including phenoxy) is 1. The maximum atomic E-state index is 13.6. The Morgan fingerprint density at radius 2 is 1.82 bits per heavy atom. The van der Waals surface area contributed by atoms with Gasteiger partial charge in [-0.1, -0.05) is 43.0 Å². The summed E-state index contributed by atoms with van der Waals surface area (Å²) in [6.45, 7) is 2.80. The monoisotopic (exact) mass is 482 g/mol. The van der Waals surface area contributed by atoms with Crippen LogP contribution in [-0.2, 0) is 20.8 Å². The summed E-state index contributed by atoms with van der Waals surface area (Å²) in [5, 5.41) is 0.636. The van der Waals surface area contributed by atoms with Gasteiger partial charge in [-0.05, 0) is 68.1 Å². The van der Waals surface area contributed by atoms with Crippen molar-refractivity contribution in [3.63, 3.8) is 0 Å². The maximum Gasteiger partial charge on any atom is 0.257 e. The molecule has 34 heavy (non-hydrogen) atoms. The van der Waals surface area contributed by atoms with Crippen LogP contribution < -0.4 is 9.64 Å². The molecule has 6 nitrogen and oxygen atoms in total. The number of imide groups is 1. The standard InChI is InChI=1S/C27H31ClN2O4/c1-2-34-23-13-11-22(12-14-23)30-25(31)18-24(27(30)33)29(26(32)20-8-4-3-5-9-20)16-15-19-7-6-10-21(28)17-19/h6-7,10-14,17,20,24H,2-5,8-9,15-16,18H2,1H3. The first-order valence-electron chi connectivity index (χ1n) is 12.1. The van der Waals surface area contributed by atoms with Gasteiger partial charge in [0.05, 0.1) is 18.7 Å². The van der Waals surface area contributed by atoms with E-state index in [9.17, 15) is 14.4 Å². The highest BCUT2D eigenvalue weighted by Gasteiger charge is 2.45. The van der Waals surface area contributed by atoms with Gasteiger partial charge in [-0.2, -0.15) is 0 Å². The predicted molar refractivity (Wildman–Crippen MR) is 132 cm³/mol. The van der Waals surface area contributed by atoms with Crippen LogP contribution in [0.5, 0.6) is 5.75 Å². The van der Waals surface area contributed by atoms with Crippen LogP contribution in [0.4, 0.5) is 5.69 Å². The molecular formula is C27H31ClN2O4. The molecular weight excluding hydrogens is 452 g/mol. The minimum Gasteiger partial charge on any atom is -0.494 e. The number of carbonyl (C=O) groups is 3. The summed E-state index contributed by atoms with van der Waals surface area (Å²) in [5.41, 5.74) is 1.50. The van der Waals surface area contributed by atoms with E-state index in [1.807, 2.05) is 31.2 Å². The molecule has 1 aliphatic carbocycles. The molecule has 1 saturated heterocycles. The summed E-state index contributed by atoms with van der Waals surface area (Å²) in [6.07, 6.45) is 5.43. The Kier molecular flexibility index (Phi) is 7.88. The predicted octanol–water partition coefficient (Wildman–Crippen LogP) is 5.02. The molecule has 2 aromatic rings. The normalized spacial score (nSPS) is 18.9. The maximum absolute atomic E-state index is 13.6. The molecule has 1 heterocycles. The number of hydrogen-bond donors (Lipinski definition) is 0. The van der Waals surface area contributed by atoms with E-state index < -0.39 is 6.04 Å². The fourth-order valence-corrected chi connectivity index (χ4v) is 5.15. The Balaban J connectivity index is 1.56. The Morgan fingerprint density at radius 1 is 1.09 bits per heavy atom. The molecule has 1 unspecified atom stereocenters. The van der Waals surface area contributed by atoms with Crippen molar-refractivity contribution in [3.05, 3.63) is 59.1 Å². The van der Waals surface area contributed by atoms with Crippen LogP contribution >= 0.6 is 11.6 Å². The first-order chi connectivity index (χ1) is 16.5. The number of hydrogen-bond acceptors (Lipinski definition) is 4. The quantitative estimate of drug-likeness (QED) is 0.495. The van der Waals surface area contributed by atoms with Gasteiger partial charge in [0.15, 0.2) is 0 Å². The summed E-state index contributed by atoms with van der Waals surface area (Å²) in [5.74, 6) is -0.0535.